The number of nitrogens with zero attached hydrogens (tertiary/aromatic N) is 3. The van der Waals surface area contributed by atoms with Gasteiger partial charge in [0.15, 0.2) is 5.69 Å². The minimum atomic E-state index is -4.48. The molecule has 27 heavy (non-hydrogen) atoms. The number of hydrogen-bond acceptors (Lipinski definition) is 4. The Kier molecular flexibility index (Phi) is 5.69. The lowest BCUT2D eigenvalue weighted by molar-refractivity contribution is -0.141. The third-order valence-corrected chi connectivity index (χ3v) is 5.16. The van der Waals surface area contributed by atoms with E-state index in [-0.39, 0.29) is 0 Å². The van der Waals surface area contributed by atoms with E-state index in [2.05, 4.69) is 28.7 Å². The van der Waals surface area contributed by atoms with Gasteiger partial charge in [-0.2, -0.15) is 13.2 Å². The van der Waals surface area contributed by atoms with Gasteiger partial charge in [0.2, 0.25) is 0 Å². The number of hydrogen-bond donors (Lipinski definition) is 0. The highest BCUT2D eigenvalue weighted by molar-refractivity contribution is 5.70. The standard InChI is InChI=1S/C20H24F3N3O/c1-4-26(16-5-7-27-8-6-16)18-10-15(9-13(2)14(18)3)17-11-25-19(12-24-17)20(21,22)23/h9-12,16H,4-8H2,1-3H3. The van der Waals surface area contributed by atoms with Gasteiger partial charge in [0.25, 0.3) is 0 Å². The fraction of sp³-hybridized carbons (Fsp3) is 0.500. The molecule has 0 saturated carbocycles. The van der Waals surface area contributed by atoms with Crippen LogP contribution in [0.5, 0.6) is 0 Å². The summed E-state index contributed by atoms with van der Waals surface area (Å²) in [6.45, 7) is 8.57. The van der Waals surface area contributed by atoms with Crippen molar-refractivity contribution in [2.24, 2.45) is 0 Å². The van der Waals surface area contributed by atoms with Gasteiger partial charge in [0, 0.05) is 37.1 Å². The van der Waals surface area contributed by atoms with E-state index in [0.717, 1.165) is 55.6 Å². The lowest BCUT2D eigenvalue weighted by atomic mass is 9.98. The monoisotopic (exact) mass is 379 g/mol. The summed E-state index contributed by atoms with van der Waals surface area (Å²) in [6.07, 6.45) is -0.559. The Labute approximate surface area is 157 Å². The molecule has 0 atom stereocenters. The lowest BCUT2D eigenvalue weighted by Crippen LogP contribution is -2.39. The molecule has 1 aliphatic rings. The predicted octanol–water partition coefficient (Wildman–Crippen LogP) is 4.78. The Balaban J connectivity index is 1.98. The molecule has 7 heteroatoms. The average molecular weight is 379 g/mol. The summed E-state index contributed by atoms with van der Waals surface area (Å²) in [5.74, 6) is 0. The molecule has 0 spiro atoms. The summed E-state index contributed by atoms with van der Waals surface area (Å²) in [4.78, 5) is 9.92. The van der Waals surface area contributed by atoms with Crippen molar-refractivity contribution in [1.29, 1.82) is 0 Å². The van der Waals surface area contributed by atoms with E-state index in [4.69, 9.17) is 4.74 Å². The van der Waals surface area contributed by atoms with Gasteiger partial charge in [-0.3, -0.25) is 4.98 Å². The Morgan fingerprint density at radius 1 is 1.11 bits per heavy atom. The van der Waals surface area contributed by atoms with Crippen LogP contribution in [0, 0.1) is 13.8 Å². The van der Waals surface area contributed by atoms with Gasteiger partial charge in [-0.1, -0.05) is 0 Å². The molecule has 1 aliphatic heterocycles. The molecule has 146 valence electrons. The molecule has 3 rings (SSSR count). The predicted molar refractivity (Wildman–Crippen MR) is 98.8 cm³/mol. The first kappa shape index (κ1) is 19.6. The normalized spacial score (nSPS) is 15.8. The topological polar surface area (TPSA) is 38.2 Å². The maximum Gasteiger partial charge on any atom is 0.434 e. The van der Waals surface area contributed by atoms with Crippen LogP contribution in [-0.4, -0.2) is 35.8 Å². The summed E-state index contributed by atoms with van der Waals surface area (Å²) in [6, 6.07) is 4.36. The molecule has 1 saturated heterocycles. The first-order chi connectivity index (χ1) is 12.8. The number of aryl methyl sites for hydroxylation is 1. The van der Waals surface area contributed by atoms with E-state index in [1.807, 2.05) is 19.1 Å². The van der Waals surface area contributed by atoms with Gasteiger partial charge in [-0.15, -0.1) is 0 Å². The second kappa shape index (κ2) is 7.84. The molecule has 0 radical (unpaired) electrons. The second-order valence-corrected chi connectivity index (χ2v) is 6.85. The highest BCUT2D eigenvalue weighted by Gasteiger charge is 2.32. The first-order valence-corrected chi connectivity index (χ1v) is 9.16. The fourth-order valence-electron chi connectivity index (χ4n) is 3.53. The Morgan fingerprint density at radius 2 is 1.81 bits per heavy atom. The molecule has 2 aromatic rings. The minimum Gasteiger partial charge on any atom is -0.381 e. The van der Waals surface area contributed by atoms with Gasteiger partial charge < -0.3 is 9.64 Å². The zero-order valence-electron chi connectivity index (χ0n) is 15.8. The Bertz CT molecular complexity index is 784. The van der Waals surface area contributed by atoms with Crippen molar-refractivity contribution >= 4 is 5.69 Å². The third kappa shape index (κ3) is 4.24. The van der Waals surface area contributed by atoms with E-state index in [1.54, 1.807) is 0 Å². The van der Waals surface area contributed by atoms with Crippen LogP contribution in [0.25, 0.3) is 11.3 Å². The molecule has 0 amide bonds. The van der Waals surface area contributed by atoms with Crippen molar-refractivity contribution in [2.75, 3.05) is 24.7 Å². The SMILES string of the molecule is CCN(c1cc(-c2cnc(C(F)(F)F)cn2)cc(C)c1C)C1CCOCC1. The van der Waals surface area contributed by atoms with Crippen LogP contribution in [0.2, 0.25) is 0 Å². The molecule has 0 unspecified atom stereocenters. The van der Waals surface area contributed by atoms with Crippen LogP contribution in [0.3, 0.4) is 0 Å². The Morgan fingerprint density at radius 3 is 2.37 bits per heavy atom. The molecular formula is C20H24F3N3O. The number of aromatic nitrogens is 2. The van der Waals surface area contributed by atoms with Gasteiger partial charge in [-0.25, -0.2) is 4.98 Å². The van der Waals surface area contributed by atoms with Crippen LogP contribution < -0.4 is 4.90 Å². The summed E-state index contributed by atoms with van der Waals surface area (Å²) < 4.78 is 43.7. The van der Waals surface area contributed by atoms with Crippen LogP contribution in [0.1, 0.15) is 36.6 Å². The van der Waals surface area contributed by atoms with E-state index in [9.17, 15) is 13.2 Å². The van der Waals surface area contributed by atoms with E-state index in [0.29, 0.717) is 11.7 Å². The van der Waals surface area contributed by atoms with Gasteiger partial charge in [-0.05, 0) is 56.9 Å². The van der Waals surface area contributed by atoms with Crippen molar-refractivity contribution in [3.8, 4) is 11.3 Å². The maximum absolute atomic E-state index is 12.7. The third-order valence-electron chi connectivity index (χ3n) is 5.16. The van der Waals surface area contributed by atoms with Crippen molar-refractivity contribution < 1.29 is 17.9 Å². The molecule has 0 N–H and O–H groups in total. The molecular weight excluding hydrogens is 355 g/mol. The first-order valence-electron chi connectivity index (χ1n) is 9.16. The van der Waals surface area contributed by atoms with Crippen molar-refractivity contribution in [3.05, 3.63) is 41.3 Å². The van der Waals surface area contributed by atoms with E-state index in [1.165, 1.54) is 11.8 Å². The summed E-state index contributed by atoms with van der Waals surface area (Å²) in [5, 5.41) is 0. The summed E-state index contributed by atoms with van der Waals surface area (Å²) >= 11 is 0. The summed E-state index contributed by atoms with van der Waals surface area (Å²) in [5.41, 5.74) is 3.59. The quantitative estimate of drug-likeness (QED) is 0.766. The smallest absolute Gasteiger partial charge is 0.381 e. The van der Waals surface area contributed by atoms with Crippen molar-refractivity contribution in [1.82, 2.24) is 9.97 Å². The zero-order valence-corrected chi connectivity index (χ0v) is 15.8. The van der Waals surface area contributed by atoms with Crippen LogP contribution in [0.4, 0.5) is 18.9 Å². The second-order valence-electron chi connectivity index (χ2n) is 6.85. The summed E-state index contributed by atoms with van der Waals surface area (Å²) in [7, 11) is 0. The number of rotatable bonds is 4. The lowest BCUT2D eigenvalue weighted by Gasteiger charge is -2.36. The number of ether oxygens (including phenoxy) is 1. The van der Waals surface area contributed by atoms with Crippen molar-refractivity contribution in [3.63, 3.8) is 0 Å². The molecule has 1 aromatic carbocycles. The molecule has 4 nitrogen and oxygen atoms in total. The van der Waals surface area contributed by atoms with Gasteiger partial charge in [0.1, 0.15) is 0 Å². The molecule has 2 heterocycles. The fourth-order valence-corrected chi connectivity index (χ4v) is 3.53. The van der Waals surface area contributed by atoms with Crippen LogP contribution in [0.15, 0.2) is 24.5 Å². The van der Waals surface area contributed by atoms with Crippen molar-refractivity contribution in [2.45, 2.75) is 45.8 Å². The number of alkyl halides is 3. The van der Waals surface area contributed by atoms with E-state index < -0.39 is 11.9 Å². The van der Waals surface area contributed by atoms with Crippen LogP contribution in [-0.2, 0) is 10.9 Å². The molecule has 1 aromatic heterocycles. The maximum atomic E-state index is 12.7. The number of benzene rings is 1. The van der Waals surface area contributed by atoms with Gasteiger partial charge in [0.05, 0.1) is 18.1 Å². The average Bonchev–Trinajstić information content (AvgIpc) is 2.66. The number of anilines is 1. The highest BCUT2D eigenvalue weighted by Crippen LogP contribution is 2.33. The van der Waals surface area contributed by atoms with E-state index >= 15 is 0 Å². The molecule has 1 fully saturated rings. The Hall–Kier alpha value is -2.15. The molecule has 0 aliphatic carbocycles. The number of halogens is 3. The van der Waals surface area contributed by atoms with Crippen LogP contribution >= 0.6 is 0 Å². The largest absolute Gasteiger partial charge is 0.434 e. The minimum absolute atomic E-state index is 0.399. The zero-order chi connectivity index (χ0) is 19.6. The highest BCUT2D eigenvalue weighted by atomic mass is 19.4. The van der Waals surface area contributed by atoms with Gasteiger partial charge >= 0.3 is 6.18 Å². The molecule has 0 bridgehead atoms.